The molecule has 4 rings (SSSR count). The van der Waals surface area contributed by atoms with E-state index in [0.29, 0.717) is 48.9 Å². The molecule has 38 heavy (non-hydrogen) atoms. The number of piperazine rings is 1. The standard InChI is InChI=1S/C27H28F3N3O4S/c1-19-6-8-22(9-7-19)31-38(35,36)24-10-11-25(20(2)16-24)37-18-26(34)33-14-12-32(13-15-33)23-5-3-4-21(17-23)27(28,29)30/h3-11,16-17,31H,12-15,18H2,1-2H3. The second kappa shape index (κ2) is 10.9. The Morgan fingerprint density at radius 1 is 0.947 bits per heavy atom. The first-order valence-corrected chi connectivity index (χ1v) is 13.4. The Hall–Kier alpha value is -3.73. The molecule has 1 fully saturated rings. The molecule has 0 bridgehead atoms. The van der Waals surface area contributed by atoms with Crippen molar-refractivity contribution in [3.8, 4) is 5.75 Å². The van der Waals surface area contributed by atoms with Crippen molar-refractivity contribution in [2.45, 2.75) is 24.9 Å². The van der Waals surface area contributed by atoms with Crippen LogP contribution in [0.5, 0.6) is 5.75 Å². The third-order valence-electron chi connectivity index (χ3n) is 6.28. The molecule has 1 aliphatic rings. The van der Waals surface area contributed by atoms with Crippen LogP contribution in [-0.4, -0.2) is 52.0 Å². The van der Waals surface area contributed by atoms with Gasteiger partial charge in [0.1, 0.15) is 5.75 Å². The quantitative estimate of drug-likeness (QED) is 0.458. The molecule has 1 aliphatic heterocycles. The molecule has 3 aromatic carbocycles. The first kappa shape index (κ1) is 27.3. The molecule has 0 spiro atoms. The number of ether oxygens (including phenoxy) is 1. The molecular weight excluding hydrogens is 519 g/mol. The molecule has 0 aromatic heterocycles. The summed E-state index contributed by atoms with van der Waals surface area (Å²) in [5.74, 6) is 0.126. The van der Waals surface area contributed by atoms with Crippen molar-refractivity contribution in [1.29, 1.82) is 0 Å². The highest BCUT2D eigenvalue weighted by Crippen LogP contribution is 2.32. The van der Waals surface area contributed by atoms with E-state index in [1.54, 1.807) is 30.0 Å². The molecule has 3 aromatic rings. The van der Waals surface area contributed by atoms with Crippen molar-refractivity contribution in [2.24, 2.45) is 0 Å². The lowest BCUT2D eigenvalue weighted by atomic mass is 10.1. The fourth-order valence-electron chi connectivity index (χ4n) is 4.11. The average molecular weight is 548 g/mol. The van der Waals surface area contributed by atoms with Gasteiger partial charge in [-0.3, -0.25) is 9.52 Å². The molecule has 1 N–H and O–H groups in total. The maximum Gasteiger partial charge on any atom is 0.416 e. The number of nitrogens with zero attached hydrogens (tertiary/aromatic N) is 2. The van der Waals surface area contributed by atoms with Gasteiger partial charge in [0.15, 0.2) is 6.61 Å². The Bertz CT molecular complexity index is 1400. The first-order valence-electron chi connectivity index (χ1n) is 12.0. The Kier molecular flexibility index (Phi) is 7.86. The van der Waals surface area contributed by atoms with Crippen molar-refractivity contribution in [3.05, 3.63) is 83.4 Å². The summed E-state index contributed by atoms with van der Waals surface area (Å²) in [6.07, 6.45) is -4.41. The molecule has 1 amide bonds. The Morgan fingerprint density at radius 3 is 2.26 bits per heavy atom. The van der Waals surface area contributed by atoms with Crippen LogP contribution in [0.4, 0.5) is 24.5 Å². The smallest absolute Gasteiger partial charge is 0.416 e. The summed E-state index contributed by atoms with van der Waals surface area (Å²) in [7, 11) is -3.80. The van der Waals surface area contributed by atoms with Crippen LogP contribution >= 0.6 is 0 Å². The average Bonchev–Trinajstić information content (AvgIpc) is 2.88. The lowest BCUT2D eigenvalue weighted by molar-refractivity contribution is -0.137. The zero-order valence-electron chi connectivity index (χ0n) is 21.0. The van der Waals surface area contributed by atoms with Crippen LogP contribution in [0.15, 0.2) is 71.6 Å². The van der Waals surface area contributed by atoms with E-state index in [2.05, 4.69) is 4.72 Å². The van der Waals surface area contributed by atoms with Crippen LogP contribution in [0.1, 0.15) is 16.7 Å². The van der Waals surface area contributed by atoms with Crippen molar-refractivity contribution >= 4 is 27.3 Å². The number of alkyl halides is 3. The zero-order valence-corrected chi connectivity index (χ0v) is 21.8. The second-order valence-electron chi connectivity index (χ2n) is 9.10. The minimum atomic E-state index is -4.41. The summed E-state index contributed by atoms with van der Waals surface area (Å²) in [6, 6.07) is 16.5. The summed E-state index contributed by atoms with van der Waals surface area (Å²) in [4.78, 5) is 16.2. The highest BCUT2D eigenvalue weighted by molar-refractivity contribution is 7.92. The van der Waals surface area contributed by atoms with E-state index in [-0.39, 0.29) is 17.4 Å². The van der Waals surface area contributed by atoms with Crippen LogP contribution in [0, 0.1) is 13.8 Å². The van der Waals surface area contributed by atoms with Gasteiger partial charge < -0.3 is 14.5 Å². The van der Waals surface area contributed by atoms with Crippen molar-refractivity contribution in [2.75, 3.05) is 42.4 Å². The van der Waals surface area contributed by atoms with Gasteiger partial charge in [0.2, 0.25) is 0 Å². The van der Waals surface area contributed by atoms with Gasteiger partial charge >= 0.3 is 6.18 Å². The molecule has 202 valence electrons. The third-order valence-corrected chi connectivity index (χ3v) is 7.66. The van der Waals surface area contributed by atoms with Crippen LogP contribution in [0.25, 0.3) is 0 Å². The van der Waals surface area contributed by atoms with Crippen LogP contribution < -0.4 is 14.4 Å². The SMILES string of the molecule is Cc1ccc(NS(=O)(=O)c2ccc(OCC(=O)N3CCN(c4cccc(C(F)(F)F)c4)CC3)c(C)c2)cc1. The predicted octanol–water partition coefficient (Wildman–Crippen LogP) is 4.85. The molecule has 0 aliphatic carbocycles. The fourth-order valence-corrected chi connectivity index (χ4v) is 5.25. The molecule has 11 heteroatoms. The minimum absolute atomic E-state index is 0.0694. The van der Waals surface area contributed by atoms with E-state index in [4.69, 9.17) is 4.74 Å². The highest BCUT2D eigenvalue weighted by Gasteiger charge is 2.31. The molecule has 0 radical (unpaired) electrons. The number of rotatable bonds is 7. The number of nitrogens with one attached hydrogen (secondary N) is 1. The van der Waals surface area contributed by atoms with Gasteiger partial charge in [-0.2, -0.15) is 13.2 Å². The maximum absolute atomic E-state index is 13.0. The lowest BCUT2D eigenvalue weighted by Gasteiger charge is -2.36. The summed E-state index contributed by atoms with van der Waals surface area (Å²) in [5, 5.41) is 0. The number of amides is 1. The van der Waals surface area contributed by atoms with E-state index in [0.717, 1.165) is 17.7 Å². The van der Waals surface area contributed by atoms with Gasteiger partial charge in [0.25, 0.3) is 15.9 Å². The largest absolute Gasteiger partial charge is 0.483 e. The summed E-state index contributed by atoms with van der Waals surface area (Å²) in [6.45, 7) is 4.85. The van der Waals surface area contributed by atoms with Crippen molar-refractivity contribution in [1.82, 2.24) is 4.90 Å². The van der Waals surface area contributed by atoms with Gasteiger partial charge in [-0.25, -0.2) is 8.42 Å². The first-order chi connectivity index (χ1) is 17.9. The number of carbonyl (C=O) groups excluding carboxylic acids is 1. The highest BCUT2D eigenvalue weighted by atomic mass is 32.2. The molecule has 0 saturated carbocycles. The molecule has 7 nitrogen and oxygen atoms in total. The van der Waals surface area contributed by atoms with Crippen LogP contribution in [0.2, 0.25) is 0 Å². The molecule has 0 unspecified atom stereocenters. The Balaban J connectivity index is 1.31. The number of aryl methyl sites for hydroxylation is 2. The van der Waals surface area contributed by atoms with E-state index in [1.807, 2.05) is 24.0 Å². The minimum Gasteiger partial charge on any atom is -0.483 e. The zero-order chi connectivity index (χ0) is 27.5. The van der Waals surface area contributed by atoms with Gasteiger partial charge in [0, 0.05) is 37.6 Å². The van der Waals surface area contributed by atoms with E-state index in [1.165, 1.54) is 24.3 Å². The van der Waals surface area contributed by atoms with Gasteiger partial charge in [-0.15, -0.1) is 0 Å². The van der Waals surface area contributed by atoms with E-state index >= 15 is 0 Å². The van der Waals surface area contributed by atoms with Gasteiger partial charge in [0.05, 0.1) is 10.5 Å². The lowest BCUT2D eigenvalue weighted by Crippen LogP contribution is -2.50. The maximum atomic E-state index is 13.0. The van der Waals surface area contributed by atoms with E-state index in [9.17, 15) is 26.4 Å². The summed E-state index contributed by atoms with van der Waals surface area (Å²) >= 11 is 0. The number of benzene rings is 3. The van der Waals surface area contributed by atoms with Crippen molar-refractivity contribution in [3.63, 3.8) is 0 Å². The third kappa shape index (κ3) is 6.58. The Labute approximate surface area is 219 Å². The normalized spacial score (nSPS) is 14.3. The molecule has 1 heterocycles. The molecular formula is C27H28F3N3O4S. The topological polar surface area (TPSA) is 78.9 Å². The number of hydrogen-bond donors (Lipinski definition) is 1. The number of anilines is 2. The van der Waals surface area contributed by atoms with Crippen LogP contribution in [0.3, 0.4) is 0 Å². The monoisotopic (exact) mass is 547 g/mol. The number of sulfonamides is 1. The van der Waals surface area contributed by atoms with Gasteiger partial charge in [-0.1, -0.05) is 23.8 Å². The summed E-state index contributed by atoms with van der Waals surface area (Å²) < 4.78 is 72.8. The molecule has 1 saturated heterocycles. The number of carbonyl (C=O) groups is 1. The fraction of sp³-hybridized carbons (Fsp3) is 0.296. The van der Waals surface area contributed by atoms with Crippen molar-refractivity contribution < 1.29 is 31.1 Å². The molecule has 0 atom stereocenters. The predicted molar refractivity (Wildman–Crippen MR) is 139 cm³/mol. The van der Waals surface area contributed by atoms with Crippen LogP contribution in [-0.2, 0) is 21.0 Å². The van der Waals surface area contributed by atoms with Gasteiger partial charge in [-0.05, 0) is 67.9 Å². The Morgan fingerprint density at radius 2 is 1.63 bits per heavy atom. The number of halogens is 3. The second-order valence-corrected chi connectivity index (χ2v) is 10.8. The number of hydrogen-bond acceptors (Lipinski definition) is 5. The summed E-state index contributed by atoms with van der Waals surface area (Å²) in [5.41, 5.74) is 1.77. The van der Waals surface area contributed by atoms with E-state index < -0.39 is 21.8 Å².